The van der Waals surface area contributed by atoms with Crippen LogP contribution in [0, 0.1) is 0 Å². The van der Waals surface area contributed by atoms with Crippen molar-refractivity contribution in [1.82, 2.24) is 5.32 Å². The lowest BCUT2D eigenvalue weighted by Gasteiger charge is -2.17. The number of benzene rings is 2. The molecule has 2 rings (SSSR count). The maximum absolute atomic E-state index is 10.6. The zero-order valence-corrected chi connectivity index (χ0v) is 15.2. The van der Waals surface area contributed by atoms with Crippen LogP contribution in [0.3, 0.4) is 0 Å². The van der Waals surface area contributed by atoms with Gasteiger partial charge in [-0.25, -0.2) is 0 Å². The van der Waals surface area contributed by atoms with Crippen molar-refractivity contribution in [3.63, 3.8) is 0 Å². The molecule has 0 bridgehead atoms. The summed E-state index contributed by atoms with van der Waals surface area (Å²) in [6, 6.07) is 13.1. The van der Waals surface area contributed by atoms with Crippen molar-refractivity contribution in [3.8, 4) is 11.5 Å². The third-order valence-corrected chi connectivity index (χ3v) is 4.33. The first kappa shape index (κ1) is 20.2. The minimum Gasteiger partial charge on any atom is -0.508 e. The lowest BCUT2D eigenvalue weighted by atomic mass is 10.1. The molecule has 0 heterocycles. The molecule has 26 heavy (non-hydrogen) atoms. The van der Waals surface area contributed by atoms with Crippen molar-refractivity contribution in [2.45, 2.75) is 31.9 Å². The number of phenols is 1. The summed E-state index contributed by atoms with van der Waals surface area (Å²) < 4.78 is 34.2. The Morgan fingerprint density at radius 3 is 2.27 bits per heavy atom. The standard InChI is InChI=1S/C18H23NO6S/c1-13(2-3-14-4-8-16(20)9-5-14)19-12-18(21)15-6-10-17(11-7-15)25-26(22,23)24/h4-11,13,18-21H,2-3,12H2,1H3,(H,22,23,24). The fourth-order valence-electron chi connectivity index (χ4n) is 2.45. The number of aryl methyl sites for hydroxylation is 1. The van der Waals surface area contributed by atoms with E-state index in [2.05, 4.69) is 9.50 Å². The summed E-state index contributed by atoms with van der Waals surface area (Å²) in [4.78, 5) is 0. The molecule has 0 saturated carbocycles. The summed E-state index contributed by atoms with van der Waals surface area (Å²) in [5.41, 5.74) is 1.73. The highest BCUT2D eigenvalue weighted by Gasteiger charge is 2.11. The SMILES string of the molecule is CC(CCc1ccc(O)cc1)NCC(O)c1ccc(OS(=O)(=O)O)cc1. The highest BCUT2D eigenvalue weighted by atomic mass is 32.3. The Kier molecular flexibility index (Phi) is 6.98. The summed E-state index contributed by atoms with van der Waals surface area (Å²) in [5.74, 6) is 0.217. The number of rotatable bonds is 9. The molecule has 2 atom stereocenters. The van der Waals surface area contributed by atoms with Crippen molar-refractivity contribution in [3.05, 3.63) is 59.7 Å². The van der Waals surface area contributed by atoms with Gasteiger partial charge in [-0.3, -0.25) is 4.55 Å². The largest absolute Gasteiger partial charge is 0.508 e. The van der Waals surface area contributed by atoms with Crippen LogP contribution in [0.2, 0.25) is 0 Å². The Bertz CT molecular complexity index is 789. The highest BCUT2D eigenvalue weighted by molar-refractivity contribution is 7.81. The van der Waals surface area contributed by atoms with Crippen LogP contribution < -0.4 is 9.50 Å². The molecule has 2 unspecified atom stereocenters. The first-order valence-electron chi connectivity index (χ1n) is 8.19. The van der Waals surface area contributed by atoms with Gasteiger partial charge in [-0.15, -0.1) is 0 Å². The Balaban J connectivity index is 1.78. The first-order valence-corrected chi connectivity index (χ1v) is 9.55. The molecule has 2 aromatic rings. The van der Waals surface area contributed by atoms with E-state index in [0.717, 1.165) is 18.4 Å². The first-order chi connectivity index (χ1) is 12.2. The monoisotopic (exact) mass is 381 g/mol. The van der Waals surface area contributed by atoms with E-state index in [9.17, 15) is 18.6 Å². The number of aliphatic hydroxyl groups excluding tert-OH is 1. The van der Waals surface area contributed by atoms with E-state index in [1.54, 1.807) is 12.1 Å². The van der Waals surface area contributed by atoms with Gasteiger partial charge < -0.3 is 19.7 Å². The summed E-state index contributed by atoms with van der Waals surface area (Å²) in [6.45, 7) is 2.37. The molecule has 4 N–H and O–H groups in total. The van der Waals surface area contributed by atoms with E-state index in [1.165, 1.54) is 24.3 Å². The van der Waals surface area contributed by atoms with Gasteiger partial charge in [0.1, 0.15) is 11.5 Å². The van der Waals surface area contributed by atoms with Gasteiger partial charge in [0.15, 0.2) is 0 Å². The predicted octanol–water partition coefficient (Wildman–Crippen LogP) is 2.22. The average Bonchev–Trinajstić information content (AvgIpc) is 2.58. The lowest BCUT2D eigenvalue weighted by Crippen LogP contribution is -2.30. The number of aromatic hydroxyl groups is 1. The van der Waals surface area contributed by atoms with Crippen molar-refractivity contribution in [2.75, 3.05) is 6.54 Å². The van der Waals surface area contributed by atoms with Crippen molar-refractivity contribution >= 4 is 10.4 Å². The minimum absolute atomic E-state index is 0.0290. The molecule has 0 fully saturated rings. The highest BCUT2D eigenvalue weighted by Crippen LogP contribution is 2.19. The topological polar surface area (TPSA) is 116 Å². The molecule has 0 saturated heterocycles. The molecule has 0 aliphatic heterocycles. The number of nitrogens with one attached hydrogen (secondary N) is 1. The Hall–Kier alpha value is -2.13. The molecule has 0 spiro atoms. The van der Waals surface area contributed by atoms with Gasteiger partial charge in [0.05, 0.1) is 6.10 Å². The summed E-state index contributed by atoms with van der Waals surface area (Å²) in [5, 5.41) is 22.7. The van der Waals surface area contributed by atoms with Gasteiger partial charge in [0, 0.05) is 12.6 Å². The molecular formula is C18H23NO6S. The predicted molar refractivity (Wildman–Crippen MR) is 97.5 cm³/mol. The van der Waals surface area contributed by atoms with Gasteiger partial charge in [-0.1, -0.05) is 24.3 Å². The molecule has 0 aliphatic rings. The molecule has 8 heteroatoms. The average molecular weight is 381 g/mol. The molecule has 0 amide bonds. The van der Waals surface area contributed by atoms with Crippen LogP contribution in [0.4, 0.5) is 0 Å². The zero-order valence-electron chi connectivity index (χ0n) is 14.4. The molecule has 142 valence electrons. The van der Waals surface area contributed by atoms with Gasteiger partial charge in [-0.2, -0.15) is 8.42 Å². The molecule has 0 radical (unpaired) electrons. The maximum Gasteiger partial charge on any atom is 0.446 e. The van der Waals surface area contributed by atoms with Gasteiger partial charge >= 0.3 is 10.4 Å². The Morgan fingerprint density at radius 2 is 1.69 bits per heavy atom. The number of hydrogen-bond donors (Lipinski definition) is 4. The Morgan fingerprint density at radius 1 is 1.08 bits per heavy atom. The summed E-state index contributed by atoms with van der Waals surface area (Å²) in [6.07, 6.45) is 0.969. The molecule has 2 aromatic carbocycles. The maximum atomic E-state index is 10.6. The molecule has 0 aromatic heterocycles. The lowest BCUT2D eigenvalue weighted by molar-refractivity contribution is 0.170. The number of aliphatic hydroxyl groups is 1. The fourth-order valence-corrected chi connectivity index (χ4v) is 2.80. The van der Waals surface area contributed by atoms with Crippen LogP contribution >= 0.6 is 0 Å². The van der Waals surface area contributed by atoms with E-state index in [4.69, 9.17) is 4.55 Å². The third kappa shape index (κ3) is 7.01. The number of hydrogen-bond acceptors (Lipinski definition) is 6. The van der Waals surface area contributed by atoms with Gasteiger partial charge in [0.25, 0.3) is 0 Å². The van der Waals surface area contributed by atoms with Gasteiger partial charge in [-0.05, 0) is 55.2 Å². The quantitative estimate of drug-likeness (QED) is 0.492. The molecular weight excluding hydrogens is 358 g/mol. The summed E-state index contributed by atoms with van der Waals surface area (Å²) >= 11 is 0. The fraction of sp³-hybridized carbons (Fsp3) is 0.333. The normalized spacial score (nSPS) is 14.0. The summed E-state index contributed by atoms with van der Waals surface area (Å²) in [7, 11) is -4.55. The Labute approximate surface area is 153 Å². The third-order valence-electron chi connectivity index (χ3n) is 3.93. The smallest absolute Gasteiger partial charge is 0.446 e. The number of phenolic OH excluding ortho intramolecular Hbond substituents is 1. The van der Waals surface area contributed by atoms with Crippen LogP contribution in [-0.2, 0) is 16.8 Å². The van der Waals surface area contributed by atoms with Crippen LogP contribution in [-0.4, -0.2) is 35.8 Å². The van der Waals surface area contributed by atoms with E-state index in [-0.39, 0.29) is 17.5 Å². The van der Waals surface area contributed by atoms with Crippen molar-refractivity contribution in [1.29, 1.82) is 0 Å². The van der Waals surface area contributed by atoms with Gasteiger partial charge in [0.2, 0.25) is 0 Å². The second kappa shape index (κ2) is 9.00. The molecule has 7 nitrogen and oxygen atoms in total. The minimum atomic E-state index is -4.55. The van der Waals surface area contributed by atoms with E-state index in [0.29, 0.717) is 12.1 Å². The van der Waals surface area contributed by atoms with Crippen LogP contribution in [0.15, 0.2) is 48.5 Å². The second-order valence-corrected chi connectivity index (χ2v) is 7.13. The van der Waals surface area contributed by atoms with Crippen LogP contribution in [0.1, 0.15) is 30.6 Å². The van der Waals surface area contributed by atoms with Crippen LogP contribution in [0.25, 0.3) is 0 Å². The second-order valence-electron chi connectivity index (χ2n) is 6.11. The van der Waals surface area contributed by atoms with E-state index < -0.39 is 16.5 Å². The van der Waals surface area contributed by atoms with Crippen molar-refractivity contribution < 1.29 is 27.4 Å². The van der Waals surface area contributed by atoms with E-state index in [1.807, 2.05) is 19.1 Å². The van der Waals surface area contributed by atoms with E-state index >= 15 is 0 Å². The zero-order chi connectivity index (χ0) is 19.2. The van der Waals surface area contributed by atoms with Crippen molar-refractivity contribution in [2.24, 2.45) is 0 Å². The van der Waals surface area contributed by atoms with Crippen LogP contribution in [0.5, 0.6) is 11.5 Å². The molecule has 0 aliphatic carbocycles.